The molecule has 140 valence electrons. The summed E-state index contributed by atoms with van der Waals surface area (Å²) in [4.78, 5) is 13.1. The largest absolute Gasteiger partial charge is 0.496 e. The third-order valence-corrected chi connectivity index (χ3v) is 5.05. The lowest BCUT2D eigenvalue weighted by Gasteiger charge is -2.31. The van der Waals surface area contributed by atoms with Crippen molar-refractivity contribution in [3.8, 4) is 11.5 Å². The maximum atomic E-state index is 13.1. The van der Waals surface area contributed by atoms with Crippen LogP contribution in [0.4, 0.5) is 0 Å². The summed E-state index contributed by atoms with van der Waals surface area (Å²) in [5.74, 6) is 1.16. The summed E-state index contributed by atoms with van der Waals surface area (Å²) in [6.45, 7) is 0. The Bertz CT molecular complexity index is 1010. The average molecular weight is 371 g/mol. The highest BCUT2D eigenvalue weighted by molar-refractivity contribution is 6.22. The van der Waals surface area contributed by atoms with E-state index in [1.807, 2.05) is 84.9 Å². The molecule has 0 aromatic heterocycles. The average Bonchev–Trinajstić information content (AvgIpc) is 3.12. The summed E-state index contributed by atoms with van der Waals surface area (Å²) in [5.41, 5.74) is 2.29. The molecule has 1 unspecified atom stereocenters. The standard InChI is InChI=1S/C24H21NO3/c1-27-20-14-9-15-21(28-2)22(20)24(18-12-7-4-8-13-18)16-19(23(26)25-24)17-10-5-3-6-11-17/h3-16H,1-2H3,(H,25,26). The van der Waals surface area contributed by atoms with Crippen molar-refractivity contribution < 1.29 is 14.3 Å². The minimum atomic E-state index is -0.901. The third kappa shape index (κ3) is 2.83. The SMILES string of the molecule is COc1cccc(OC)c1C1(c2ccccc2)C=C(c2ccccc2)C(=O)N1. The highest BCUT2D eigenvalue weighted by Gasteiger charge is 2.44. The first-order valence-electron chi connectivity index (χ1n) is 9.07. The van der Waals surface area contributed by atoms with Crippen LogP contribution in [-0.4, -0.2) is 20.1 Å². The first-order valence-corrected chi connectivity index (χ1v) is 9.07. The zero-order valence-corrected chi connectivity index (χ0v) is 15.8. The van der Waals surface area contributed by atoms with Crippen LogP contribution in [-0.2, 0) is 10.3 Å². The Labute approximate surface area is 164 Å². The van der Waals surface area contributed by atoms with Crippen LogP contribution >= 0.6 is 0 Å². The molecule has 1 atom stereocenters. The summed E-state index contributed by atoms with van der Waals surface area (Å²) in [7, 11) is 3.24. The number of nitrogens with one attached hydrogen (secondary N) is 1. The van der Waals surface area contributed by atoms with E-state index in [4.69, 9.17) is 9.47 Å². The molecule has 0 fully saturated rings. The van der Waals surface area contributed by atoms with Gasteiger partial charge in [0.2, 0.25) is 0 Å². The highest BCUT2D eigenvalue weighted by Crippen LogP contribution is 2.46. The molecule has 1 N–H and O–H groups in total. The van der Waals surface area contributed by atoms with Gasteiger partial charge in [0.15, 0.2) is 0 Å². The summed E-state index contributed by atoms with van der Waals surface area (Å²) in [6, 6.07) is 25.2. The molecule has 4 nitrogen and oxygen atoms in total. The zero-order chi connectivity index (χ0) is 19.6. The first-order chi connectivity index (χ1) is 13.7. The summed E-state index contributed by atoms with van der Waals surface area (Å²) in [5, 5.41) is 3.21. The molecule has 1 heterocycles. The number of benzene rings is 3. The molecule has 0 saturated heterocycles. The molecule has 0 aliphatic carbocycles. The number of ether oxygens (including phenoxy) is 2. The van der Waals surface area contributed by atoms with Gasteiger partial charge in [-0.05, 0) is 29.3 Å². The summed E-state index contributed by atoms with van der Waals surface area (Å²) in [6.07, 6.45) is 1.97. The highest BCUT2D eigenvalue weighted by atomic mass is 16.5. The van der Waals surface area contributed by atoms with E-state index < -0.39 is 5.54 Å². The molecule has 0 bridgehead atoms. The van der Waals surface area contributed by atoms with Crippen LogP contribution in [0.5, 0.6) is 11.5 Å². The fraction of sp³-hybridized carbons (Fsp3) is 0.125. The Balaban J connectivity index is 2.03. The lowest BCUT2D eigenvalue weighted by Crippen LogP contribution is -2.41. The Morgan fingerprint density at radius 2 is 1.32 bits per heavy atom. The van der Waals surface area contributed by atoms with E-state index in [0.717, 1.165) is 16.7 Å². The molecule has 0 saturated carbocycles. The van der Waals surface area contributed by atoms with Crippen molar-refractivity contribution in [1.82, 2.24) is 5.32 Å². The van der Waals surface area contributed by atoms with Gasteiger partial charge >= 0.3 is 0 Å². The summed E-state index contributed by atoms with van der Waals surface area (Å²) >= 11 is 0. The lowest BCUT2D eigenvalue weighted by atomic mass is 9.82. The van der Waals surface area contributed by atoms with E-state index in [9.17, 15) is 4.79 Å². The molecule has 4 rings (SSSR count). The van der Waals surface area contributed by atoms with Gasteiger partial charge in [-0.3, -0.25) is 4.79 Å². The molecule has 3 aromatic carbocycles. The van der Waals surface area contributed by atoms with Crippen LogP contribution in [0.2, 0.25) is 0 Å². The minimum Gasteiger partial charge on any atom is -0.496 e. The topological polar surface area (TPSA) is 47.6 Å². The molecule has 1 aliphatic rings. The van der Waals surface area contributed by atoms with Crippen molar-refractivity contribution in [3.63, 3.8) is 0 Å². The smallest absolute Gasteiger partial charge is 0.252 e. The number of methoxy groups -OCH3 is 2. The molecule has 3 aromatic rings. The van der Waals surface area contributed by atoms with E-state index in [1.54, 1.807) is 14.2 Å². The molecule has 4 heteroatoms. The van der Waals surface area contributed by atoms with E-state index in [0.29, 0.717) is 17.1 Å². The quantitative estimate of drug-likeness (QED) is 0.733. The fourth-order valence-corrected chi connectivity index (χ4v) is 3.77. The van der Waals surface area contributed by atoms with Gasteiger partial charge in [-0.25, -0.2) is 0 Å². The van der Waals surface area contributed by atoms with Crippen LogP contribution in [0.1, 0.15) is 16.7 Å². The van der Waals surface area contributed by atoms with Crippen LogP contribution in [0.3, 0.4) is 0 Å². The van der Waals surface area contributed by atoms with E-state index in [-0.39, 0.29) is 5.91 Å². The first kappa shape index (κ1) is 17.9. The van der Waals surface area contributed by atoms with Gasteiger partial charge in [-0.15, -0.1) is 0 Å². The van der Waals surface area contributed by atoms with E-state index >= 15 is 0 Å². The normalized spacial score (nSPS) is 18.4. The number of carbonyl (C=O) groups is 1. The van der Waals surface area contributed by atoms with Gasteiger partial charge in [0, 0.05) is 5.57 Å². The predicted octanol–water partition coefficient (Wildman–Crippen LogP) is 4.16. The van der Waals surface area contributed by atoms with Gasteiger partial charge in [-0.2, -0.15) is 0 Å². The molecule has 1 aliphatic heterocycles. The monoisotopic (exact) mass is 371 g/mol. The van der Waals surface area contributed by atoms with Crippen molar-refractivity contribution in [1.29, 1.82) is 0 Å². The van der Waals surface area contributed by atoms with E-state index in [1.165, 1.54) is 0 Å². The van der Waals surface area contributed by atoms with Crippen molar-refractivity contribution in [2.24, 2.45) is 0 Å². The maximum Gasteiger partial charge on any atom is 0.252 e. The van der Waals surface area contributed by atoms with E-state index in [2.05, 4.69) is 5.32 Å². The maximum absolute atomic E-state index is 13.1. The molecular formula is C24H21NO3. The Hall–Kier alpha value is -3.53. The second kappa shape index (κ2) is 7.24. The zero-order valence-electron chi connectivity index (χ0n) is 15.8. The third-order valence-electron chi connectivity index (χ3n) is 5.05. The molecule has 28 heavy (non-hydrogen) atoms. The molecular weight excluding hydrogens is 350 g/mol. The van der Waals surface area contributed by atoms with Crippen molar-refractivity contribution >= 4 is 11.5 Å². The Kier molecular flexibility index (Phi) is 4.62. The predicted molar refractivity (Wildman–Crippen MR) is 109 cm³/mol. The van der Waals surface area contributed by atoms with Gasteiger partial charge < -0.3 is 14.8 Å². The van der Waals surface area contributed by atoms with Crippen LogP contribution in [0.25, 0.3) is 5.57 Å². The van der Waals surface area contributed by atoms with Gasteiger partial charge in [0.05, 0.1) is 19.8 Å². The fourth-order valence-electron chi connectivity index (χ4n) is 3.77. The van der Waals surface area contributed by atoms with Crippen molar-refractivity contribution in [2.45, 2.75) is 5.54 Å². The summed E-state index contributed by atoms with van der Waals surface area (Å²) < 4.78 is 11.3. The Morgan fingerprint density at radius 1 is 0.750 bits per heavy atom. The number of amides is 1. The minimum absolute atomic E-state index is 0.136. The number of hydrogen-bond donors (Lipinski definition) is 1. The van der Waals surface area contributed by atoms with Crippen LogP contribution < -0.4 is 14.8 Å². The second-order valence-corrected chi connectivity index (χ2v) is 6.59. The second-order valence-electron chi connectivity index (χ2n) is 6.59. The lowest BCUT2D eigenvalue weighted by molar-refractivity contribution is -0.115. The van der Waals surface area contributed by atoms with Crippen LogP contribution in [0.15, 0.2) is 84.9 Å². The van der Waals surface area contributed by atoms with Crippen LogP contribution in [0, 0.1) is 0 Å². The van der Waals surface area contributed by atoms with Gasteiger partial charge in [-0.1, -0.05) is 66.7 Å². The van der Waals surface area contributed by atoms with Gasteiger partial charge in [0.25, 0.3) is 5.91 Å². The number of rotatable bonds is 5. The van der Waals surface area contributed by atoms with Crippen molar-refractivity contribution in [3.05, 3.63) is 102 Å². The molecule has 0 spiro atoms. The number of hydrogen-bond acceptors (Lipinski definition) is 3. The van der Waals surface area contributed by atoms with Crippen molar-refractivity contribution in [2.75, 3.05) is 14.2 Å². The Morgan fingerprint density at radius 3 is 1.89 bits per heavy atom. The number of carbonyl (C=O) groups excluding carboxylic acids is 1. The molecule has 0 radical (unpaired) electrons. The van der Waals surface area contributed by atoms with Gasteiger partial charge in [0.1, 0.15) is 17.0 Å². The molecule has 1 amide bonds.